The molecule has 0 bridgehead atoms. The number of benzene rings is 1. The molecule has 7 nitrogen and oxygen atoms in total. The van der Waals surface area contributed by atoms with Crippen molar-refractivity contribution in [2.24, 2.45) is 11.8 Å². The summed E-state index contributed by atoms with van der Waals surface area (Å²) >= 11 is 1.38. The zero-order valence-corrected chi connectivity index (χ0v) is 22.2. The highest BCUT2D eigenvalue weighted by Crippen LogP contribution is 2.37. The number of hydrogen-bond donors (Lipinski definition) is 1. The molecule has 1 N–H and O–H groups in total. The SMILES string of the molecule is CCc1cccc(NC(=O)C2CCN(c3c(C(=O)N4CCC(C)CC4)cnc4snc(C)c34)CC2)c1. The topological polar surface area (TPSA) is 78.4 Å². The van der Waals surface area contributed by atoms with Gasteiger partial charge in [0.2, 0.25) is 5.91 Å². The highest BCUT2D eigenvalue weighted by atomic mass is 32.1. The molecule has 2 aromatic heterocycles. The summed E-state index contributed by atoms with van der Waals surface area (Å²) in [6.07, 6.45) is 6.25. The van der Waals surface area contributed by atoms with Crippen molar-refractivity contribution in [3.05, 3.63) is 47.3 Å². The lowest BCUT2D eigenvalue weighted by Gasteiger charge is -2.36. The van der Waals surface area contributed by atoms with Gasteiger partial charge < -0.3 is 15.1 Å². The highest BCUT2D eigenvalue weighted by molar-refractivity contribution is 7.13. The standard InChI is InChI=1S/C28H35N5O2S/c1-4-20-6-5-7-22(16-20)30-26(34)21-10-14-32(15-11-21)25-23(17-29-27-24(25)19(3)31-36-27)28(35)33-12-8-18(2)9-13-33/h5-7,16-18,21H,4,8-15H2,1-3H3,(H,30,34). The van der Waals surface area contributed by atoms with Gasteiger partial charge in [-0.15, -0.1) is 0 Å². The van der Waals surface area contributed by atoms with E-state index in [2.05, 4.69) is 39.5 Å². The summed E-state index contributed by atoms with van der Waals surface area (Å²) in [6.45, 7) is 9.38. The van der Waals surface area contributed by atoms with Gasteiger partial charge in [0, 0.05) is 44.0 Å². The molecule has 5 rings (SSSR count). The highest BCUT2D eigenvalue weighted by Gasteiger charge is 2.31. The second kappa shape index (κ2) is 10.5. The molecule has 1 aromatic carbocycles. The fourth-order valence-corrected chi connectivity index (χ4v) is 6.13. The number of rotatable bonds is 5. The molecular weight excluding hydrogens is 470 g/mol. The van der Waals surface area contributed by atoms with Crippen LogP contribution in [0.3, 0.4) is 0 Å². The Bertz CT molecular complexity index is 1260. The lowest BCUT2D eigenvalue weighted by atomic mass is 9.94. The largest absolute Gasteiger partial charge is 0.370 e. The molecule has 190 valence electrons. The van der Waals surface area contributed by atoms with Gasteiger partial charge in [-0.25, -0.2) is 4.98 Å². The lowest BCUT2D eigenvalue weighted by molar-refractivity contribution is -0.120. The van der Waals surface area contributed by atoms with E-state index in [9.17, 15) is 9.59 Å². The third-order valence-electron chi connectivity index (χ3n) is 7.73. The summed E-state index contributed by atoms with van der Waals surface area (Å²) in [4.78, 5) is 36.4. The maximum atomic E-state index is 13.7. The van der Waals surface area contributed by atoms with E-state index in [0.717, 1.165) is 85.6 Å². The second-order valence-electron chi connectivity index (χ2n) is 10.2. The van der Waals surface area contributed by atoms with E-state index in [0.29, 0.717) is 11.5 Å². The molecule has 36 heavy (non-hydrogen) atoms. The molecule has 0 radical (unpaired) electrons. The Morgan fingerprint density at radius 2 is 1.86 bits per heavy atom. The maximum absolute atomic E-state index is 13.7. The van der Waals surface area contributed by atoms with Crippen LogP contribution in [0.5, 0.6) is 0 Å². The van der Waals surface area contributed by atoms with Crippen LogP contribution in [-0.2, 0) is 11.2 Å². The van der Waals surface area contributed by atoms with Gasteiger partial charge in [-0.05, 0) is 74.2 Å². The fraction of sp³-hybridized carbons (Fsp3) is 0.500. The van der Waals surface area contributed by atoms with Gasteiger partial charge in [-0.3, -0.25) is 9.59 Å². The van der Waals surface area contributed by atoms with E-state index < -0.39 is 0 Å². The van der Waals surface area contributed by atoms with Crippen molar-refractivity contribution >= 4 is 44.9 Å². The quantitative estimate of drug-likeness (QED) is 0.510. The van der Waals surface area contributed by atoms with E-state index in [-0.39, 0.29) is 17.7 Å². The van der Waals surface area contributed by atoms with Crippen LogP contribution in [0.4, 0.5) is 11.4 Å². The molecule has 2 amide bonds. The fourth-order valence-electron chi connectivity index (χ4n) is 5.38. The molecule has 2 saturated heterocycles. The smallest absolute Gasteiger partial charge is 0.257 e. The van der Waals surface area contributed by atoms with Crippen LogP contribution < -0.4 is 10.2 Å². The molecule has 0 unspecified atom stereocenters. The van der Waals surface area contributed by atoms with Gasteiger partial charge in [-0.2, -0.15) is 4.37 Å². The zero-order chi connectivity index (χ0) is 25.2. The molecule has 2 aliphatic heterocycles. The average Bonchev–Trinajstić information content (AvgIpc) is 3.29. The van der Waals surface area contributed by atoms with Gasteiger partial charge >= 0.3 is 0 Å². The molecule has 0 atom stereocenters. The predicted octanol–water partition coefficient (Wildman–Crippen LogP) is 5.29. The van der Waals surface area contributed by atoms with Crippen LogP contribution in [0.25, 0.3) is 10.2 Å². The number of nitrogens with zero attached hydrogens (tertiary/aromatic N) is 4. The molecule has 2 aliphatic rings. The number of likely N-dealkylation sites (tertiary alicyclic amines) is 1. The van der Waals surface area contributed by atoms with Crippen LogP contribution in [0.2, 0.25) is 0 Å². The summed E-state index contributed by atoms with van der Waals surface area (Å²) < 4.78 is 4.54. The maximum Gasteiger partial charge on any atom is 0.257 e. The number of amides is 2. The van der Waals surface area contributed by atoms with Gasteiger partial charge in [0.15, 0.2) is 0 Å². The van der Waals surface area contributed by atoms with E-state index in [1.165, 1.54) is 17.1 Å². The van der Waals surface area contributed by atoms with Crippen LogP contribution in [-0.4, -0.2) is 52.3 Å². The molecule has 0 saturated carbocycles. The number of anilines is 2. The van der Waals surface area contributed by atoms with Crippen molar-refractivity contribution in [2.45, 2.75) is 52.9 Å². The van der Waals surface area contributed by atoms with E-state index in [1.54, 1.807) is 6.20 Å². The summed E-state index contributed by atoms with van der Waals surface area (Å²) in [5.41, 5.74) is 4.60. The second-order valence-corrected chi connectivity index (χ2v) is 11.0. The van der Waals surface area contributed by atoms with Crippen LogP contribution in [0.15, 0.2) is 30.5 Å². The summed E-state index contributed by atoms with van der Waals surface area (Å²) in [7, 11) is 0. The minimum Gasteiger partial charge on any atom is -0.370 e. The molecular formula is C28H35N5O2S. The lowest BCUT2D eigenvalue weighted by Crippen LogP contribution is -2.41. The Balaban J connectivity index is 1.35. The minimum atomic E-state index is -0.0479. The summed E-state index contributed by atoms with van der Waals surface area (Å²) in [5.74, 6) is 0.753. The number of hydrogen-bond acceptors (Lipinski definition) is 6. The monoisotopic (exact) mass is 505 g/mol. The number of aromatic nitrogens is 2. The predicted molar refractivity (Wildman–Crippen MR) is 146 cm³/mol. The third-order valence-corrected chi connectivity index (χ3v) is 8.58. The molecule has 0 aliphatic carbocycles. The third kappa shape index (κ3) is 4.96. The van der Waals surface area contributed by atoms with E-state index in [4.69, 9.17) is 0 Å². The van der Waals surface area contributed by atoms with Gasteiger partial charge in [-0.1, -0.05) is 26.0 Å². The first-order valence-corrected chi connectivity index (χ1v) is 13.9. The summed E-state index contributed by atoms with van der Waals surface area (Å²) in [5, 5.41) is 4.10. The van der Waals surface area contributed by atoms with Crippen molar-refractivity contribution in [3.63, 3.8) is 0 Å². The first-order chi connectivity index (χ1) is 17.4. The average molecular weight is 506 g/mol. The Morgan fingerprint density at radius 3 is 2.58 bits per heavy atom. The van der Waals surface area contributed by atoms with Crippen LogP contribution >= 0.6 is 11.5 Å². The van der Waals surface area contributed by atoms with Crippen molar-refractivity contribution in [1.29, 1.82) is 0 Å². The molecule has 3 aromatic rings. The van der Waals surface area contributed by atoms with Crippen LogP contribution in [0.1, 0.15) is 61.1 Å². The molecule has 4 heterocycles. The van der Waals surface area contributed by atoms with Crippen molar-refractivity contribution in [1.82, 2.24) is 14.3 Å². The number of piperidine rings is 2. The Kier molecular flexibility index (Phi) is 7.23. The number of fused-ring (bicyclic) bond motifs is 1. The Hall–Kier alpha value is -3.00. The minimum absolute atomic E-state index is 0.0479. The molecule has 0 spiro atoms. The number of carbonyl (C=O) groups is 2. The Morgan fingerprint density at radius 1 is 1.11 bits per heavy atom. The number of pyridine rings is 1. The zero-order valence-electron chi connectivity index (χ0n) is 21.4. The first kappa shape index (κ1) is 24.7. The van der Waals surface area contributed by atoms with E-state index in [1.807, 2.05) is 30.0 Å². The van der Waals surface area contributed by atoms with Crippen molar-refractivity contribution < 1.29 is 9.59 Å². The number of aryl methyl sites for hydroxylation is 2. The number of nitrogens with one attached hydrogen (secondary N) is 1. The van der Waals surface area contributed by atoms with Crippen molar-refractivity contribution in [3.8, 4) is 0 Å². The first-order valence-electron chi connectivity index (χ1n) is 13.1. The Labute approximate surface area is 217 Å². The van der Waals surface area contributed by atoms with Gasteiger partial charge in [0.05, 0.1) is 22.3 Å². The summed E-state index contributed by atoms with van der Waals surface area (Å²) in [6, 6.07) is 8.07. The normalized spacial score (nSPS) is 17.5. The van der Waals surface area contributed by atoms with Crippen LogP contribution in [0, 0.1) is 18.8 Å². The van der Waals surface area contributed by atoms with Gasteiger partial charge in [0.25, 0.3) is 5.91 Å². The molecule has 8 heteroatoms. The van der Waals surface area contributed by atoms with Crippen molar-refractivity contribution in [2.75, 3.05) is 36.4 Å². The van der Waals surface area contributed by atoms with E-state index >= 15 is 0 Å². The molecule has 2 fully saturated rings. The van der Waals surface area contributed by atoms with Gasteiger partial charge in [0.1, 0.15) is 4.83 Å². The number of carbonyl (C=O) groups excluding carboxylic acids is 2.